The Morgan fingerprint density at radius 3 is 2.93 bits per heavy atom. The molecule has 0 unspecified atom stereocenters. The van der Waals surface area contributed by atoms with E-state index in [1.807, 2.05) is 0 Å². The summed E-state index contributed by atoms with van der Waals surface area (Å²) in [5.74, 6) is -0.926. The summed E-state index contributed by atoms with van der Waals surface area (Å²) in [6.07, 6.45) is 1.40. The highest BCUT2D eigenvalue weighted by atomic mass is 16.4. The van der Waals surface area contributed by atoms with E-state index in [1.165, 1.54) is 16.7 Å². The second kappa shape index (κ2) is 3.02. The molecule has 0 radical (unpaired) electrons. The van der Waals surface area contributed by atoms with Gasteiger partial charge in [0, 0.05) is 18.0 Å². The van der Waals surface area contributed by atoms with E-state index >= 15 is 0 Å². The molecular weight excluding hydrogens is 184 g/mol. The quantitative estimate of drug-likeness (QED) is 0.716. The average Bonchev–Trinajstić information content (AvgIpc) is 2.47. The first-order valence-electron chi connectivity index (χ1n) is 4.08. The van der Waals surface area contributed by atoms with Crippen LogP contribution >= 0.6 is 0 Å². The van der Waals surface area contributed by atoms with Crippen molar-refractivity contribution < 1.29 is 9.90 Å². The Bertz CT molecular complexity index is 538. The van der Waals surface area contributed by atoms with Gasteiger partial charge in [-0.3, -0.25) is 14.0 Å². The van der Waals surface area contributed by atoms with E-state index in [0.717, 1.165) is 0 Å². The average molecular weight is 192 g/mol. The molecule has 14 heavy (non-hydrogen) atoms. The molecule has 5 nitrogen and oxygen atoms in total. The van der Waals surface area contributed by atoms with Crippen LogP contribution in [-0.4, -0.2) is 20.5 Å². The number of nitrogens with one attached hydrogen (secondary N) is 1. The number of imidazole rings is 1. The molecule has 0 bridgehead atoms. The van der Waals surface area contributed by atoms with Crippen molar-refractivity contribution in [3.05, 3.63) is 40.4 Å². The van der Waals surface area contributed by atoms with Crippen LogP contribution in [-0.2, 0) is 11.2 Å². The highest BCUT2D eigenvalue weighted by Gasteiger charge is 2.04. The lowest BCUT2D eigenvalue weighted by molar-refractivity contribution is -0.136. The third-order valence-corrected chi connectivity index (χ3v) is 1.91. The molecule has 0 fully saturated rings. The van der Waals surface area contributed by atoms with Crippen LogP contribution in [0.3, 0.4) is 0 Å². The number of pyridine rings is 1. The minimum Gasteiger partial charge on any atom is -0.481 e. The number of nitrogens with zero attached hydrogens (tertiary/aromatic N) is 1. The molecule has 0 saturated heterocycles. The summed E-state index contributed by atoms with van der Waals surface area (Å²) in [7, 11) is 0. The Hall–Kier alpha value is -2.04. The van der Waals surface area contributed by atoms with Gasteiger partial charge in [-0.15, -0.1) is 0 Å². The smallest absolute Gasteiger partial charge is 0.309 e. The number of carboxylic acid groups (broad SMARTS) is 1. The predicted molar refractivity (Wildman–Crippen MR) is 49.4 cm³/mol. The van der Waals surface area contributed by atoms with Crippen LogP contribution in [0, 0.1) is 0 Å². The summed E-state index contributed by atoms with van der Waals surface area (Å²) in [6.45, 7) is 0. The van der Waals surface area contributed by atoms with Gasteiger partial charge >= 0.3 is 5.97 Å². The van der Waals surface area contributed by atoms with Gasteiger partial charge in [-0.05, 0) is 6.07 Å². The first-order chi connectivity index (χ1) is 6.66. The molecule has 2 aromatic heterocycles. The van der Waals surface area contributed by atoms with Gasteiger partial charge in [-0.25, -0.2) is 0 Å². The lowest BCUT2D eigenvalue weighted by Gasteiger charge is -1.87. The summed E-state index contributed by atoms with van der Waals surface area (Å²) in [6, 6.07) is 4.76. The molecule has 0 amide bonds. The van der Waals surface area contributed by atoms with Crippen LogP contribution in [0.2, 0.25) is 0 Å². The van der Waals surface area contributed by atoms with Gasteiger partial charge in [0.2, 0.25) is 0 Å². The molecule has 5 heteroatoms. The third-order valence-electron chi connectivity index (χ3n) is 1.91. The number of H-pyrrole nitrogens is 1. The predicted octanol–water partition coefficient (Wildman–Crippen LogP) is 0.255. The van der Waals surface area contributed by atoms with Crippen molar-refractivity contribution in [3.63, 3.8) is 0 Å². The molecule has 0 aliphatic carbocycles. The molecule has 2 rings (SSSR count). The molecule has 2 heterocycles. The zero-order valence-corrected chi connectivity index (χ0v) is 7.23. The summed E-state index contributed by atoms with van der Waals surface area (Å²) in [5, 5.41) is 8.55. The fourth-order valence-corrected chi connectivity index (χ4v) is 1.34. The van der Waals surface area contributed by atoms with Gasteiger partial charge in [-0.2, -0.15) is 0 Å². The first kappa shape index (κ1) is 8.55. The summed E-state index contributed by atoms with van der Waals surface area (Å²) < 4.78 is 1.39. The van der Waals surface area contributed by atoms with E-state index in [0.29, 0.717) is 11.3 Å². The maximum atomic E-state index is 11.3. The van der Waals surface area contributed by atoms with Crippen molar-refractivity contribution in [2.24, 2.45) is 0 Å². The van der Waals surface area contributed by atoms with Crippen LogP contribution in [0.15, 0.2) is 29.2 Å². The minimum atomic E-state index is -0.926. The normalized spacial score (nSPS) is 10.6. The Kier molecular flexibility index (Phi) is 1.85. The number of fused-ring (bicyclic) bond motifs is 1. The van der Waals surface area contributed by atoms with E-state index in [1.54, 1.807) is 12.1 Å². The van der Waals surface area contributed by atoms with Crippen molar-refractivity contribution in [2.45, 2.75) is 6.42 Å². The summed E-state index contributed by atoms with van der Waals surface area (Å²) >= 11 is 0. The lowest BCUT2D eigenvalue weighted by Crippen LogP contribution is -2.08. The second-order valence-electron chi connectivity index (χ2n) is 2.97. The summed E-state index contributed by atoms with van der Waals surface area (Å²) in [5.41, 5.74) is 0.949. The second-order valence-corrected chi connectivity index (χ2v) is 2.97. The van der Waals surface area contributed by atoms with Crippen LogP contribution in [0.4, 0.5) is 0 Å². The number of hydrogen-bond acceptors (Lipinski definition) is 2. The number of carbonyl (C=O) groups is 1. The largest absolute Gasteiger partial charge is 0.481 e. The van der Waals surface area contributed by atoms with Crippen molar-refractivity contribution in [1.82, 2.24) is 9.38 Å². The Balaban J connectivity index is 2.57. The van der Waals surface area contributed by atoms with Crippen LogP contribution in [0.5, 0.6) is 0 Å². The van der Waals surface area contributed by atoms with Gasteiger partial charge < -0.3 is 10.1 Å². The van der Waals surface area contributed by atoms with Crippen LogP contribution in [0.25, 0.3) is 5.65 Å². The Morgan fingerprint density at radius 2 is 2.29 bits per heavy atom. The molecule has 0 atom stereocenters. The lowest BCUT2D eigenvalue weighted by atomic mass is 10.3. The van der Waals surface area contributed by atoms with E-state index in [2.05, 4.69) is 4.98 Å². The molecule has 2 N–H and O–H groups in total. The highest BCUT2D eigenvalue weighted by molar-refractivity contribution is 5.69. The van der Waals surface area contributed by atoms with Crippen molar-refractivity contribution in [3.8, 4) is 0 Å². The van der Waals surface area contributed by atoms with Gasteiger partial charge in [-0.1, -0.05) is 6.07 Å². The monoisotopic (exact) mass is 192 g/mol. The van der Waals surface area contributed by atoms with Crippen LogP contribution in [0.1, 0.15) is 5.69 Å². The van der Waals surface area contributed by atoms with Crippen molar-refractivity contribution in [1.29, 1.82) is 0 Å². The van der Waals surface area contributed by atoms with Crippen molar-refractivity contribution >= 4 is 11.6 Å². The molecule has 0 aliphatic heterocycles. The number of aliphatic carboxylic acids is 1. The van der Waals surface area contributed by atoms with E-state index < -0.39 is 5.97 Å². The molecule has 0 aliphatic rings. The fraction of sp³-hybridized carbons (Fsp3) is 0.111. The number of aromatic amines is 1. The summed E-state index contributed by atoms with van der Waals surface area (Å²) in [4.78, 5) is 24.5. The Labute approximate surface area is 78.6 Å². The number of hydrogen-bond donors (Lipinski definition) is 2. The van der Waals surface area contributed by atoms with E-state index in [-0.39, 0.29) is 12.0 Å². The van der Waals surface area contributed by atoms with Crippen LogP contribution < -0.4 is 5.56 Å². The molecular formula is C9H8N2O3. The first-order valence-corrected chi connectivity index (χ1v) is 4.08. The van der Waals surface area contributed by atoms with Gasteiger partial charge in [0.15, 0.2) is 0 Å². The maximum absolute atomic E-state index is 11.3. The fourth-order valence-electron chi connectivity index (χ4n) is 1.34. The van der Waals surface area contributed by atoms with Gasteiger partial charge in [0.1, 0.15) is 5.65 Å². The molecule has 72 valence electrons. The van der Waals surface area contributed by atoms with E-state index in [9.17, 15) is 9.59 Å². The number of aromatic nitrogens is 2. The molecule has 0 spiro atoms. The topological polar surface area (TPSA) is 74.6 Å². The third kappa shape index (κ3) is 1.39. The highest BCUT2D eigenvalue weighted by Crippen LogP contribution is 2.02. The molecule has 2 aromatic rings. The standard InChI is InChI=1S/C9H8N2O3/c12-8-3-1-2-7-10-6(4-9(13)14)5-11(7)8/h1-3,5,10H,4H2,(H,13,14). The van der Waals surface area contributed by atoms with E-state index in [4.69, 9.17) is 5.11 Å². The maximum Gasteiger partial charge on any atom is 0.309 e. The zero-order valence-electron chi connectivity index (χ0n) is 7.23. The minimum absolute atomic E-state index is 0.110. The van der Waals surface area contributed by atoms with Gasteiger partial charge in [0.25, 0.3) is 5.56 Å². The number of carboxylic acids is 1. The molecule has 0 saturated carbocycles. The number of rotatable bonds is 2. The zero-order chi connectivity index (χ0) is 10.1. The van der Waals surface area contributed by atoms with Gasteiger partial charge in [0.05, 0.1) is 6.42 Å². The SMILES string of the molecule is O=C(O)Cc1cn2c(=O)cccc2[nH]1. The van der Waals surface area contributed by atoms with Crippen molar-refractivity contribution in [2.75, 3.05) is 0 Å². The molecule has 0 aromatic carbocycles. The Morgan fingerprint density at radius 1 is 1.50 bits per heavy atom.